The summed E-state index contributed by atoms with van der Waals surface area (Å²) >= 11 is 1.66. The van der Waals surface area contributed by atoms with Crippen LogP contribution >= 0.6 is 11.3 Å². The van der Waals surface area contributed by atoms with Gasteiger partial charge in [-0.15, -0.1) is 11.3 Å². The third kappa shape index (κ3) is 1.48. The molecule has 0 saturated carbocycles. The summed E-state index contributed by atoms with van der Waals surface area (Å²) < 4.78 is 6.49. The number of pyridine rings is 1. The predicted molar refractivity (Wildman–Crippen MR) is 85.6 cm³/mol. The smallest absolute Gasteiger partial charge is 0.127 e. The van der Waals surface area contributed by atoms with Crippen molar-refractivity contribution in [3.05, 3.63) is 42.5 Å². The van der Waals surface area contributed by atoms with Crippen LogP contribution in [-0.4, -0.2) is 12.1 Å². The lowest BCUT2D eigenvalue weighted by Gasteiger charge is -2.04. The Labute approximate surface area is 119 Å². The van der Waals surface area contributed by atoms with Crippen molar-refractivity contribution in [1.29, 1.82) is 0 Å². The second-order valence-electron chi connectivity index (χ2n) is 4.69. The van der Waals surface area contributed by atoms with Crippen molar-refractivity contribution in [2.24, 2.45) is 0 Å². The van der Waals surface area contributed by atoms with Gasteiger partial charge in [0, 0.05) is 20.9 Å². The molecule has 2 heterocycles. The number of rotatable bonds is 1. The fraction of sp³-hybridized carbons (Fsp3) is 0.0625. The average Bonchev–Trinajstić information content (AvgIpc) is 2.84. The minimum atomic E-state index is 0.796. The van der Waals surface area contributed by atoms with Crippen LogP contribution in [0.15, 0.2) is 42.5 Å². The fourth-order valence-corrected chi connectivity index (χ4v) is 3.65. The number of benzene rings is 2. The van der Waals surface area contributed by atoms with E-state index in [0.717, 1.165) is 37.9 Å². The van der Waals surface area contributed by atoms with E-state index in [0.29, 0.717) is 0 Å². The van der Waals surface area contributed by atoms with Crippen LogP contribution in [0.5, 0.6) is 5.75 Å². The normalized spacial score (nSPS) is 11.4. The molecule has 0 bridgehead atoms. The van der Waals surface area contributed by atoms with Gasteiger partial charge in [0.15, 0.2) is 0 Å². The van der Waals surface area contributed by atoms with Gasteiger partial charge >= 0.3 is 0 Å². The highest BCUT2D eigenvalue weighted by molar-refractivity contribution is 7.25. The molecule has 4 aromatic rings. The monoisotopic (exact) mass is 280 g/mol. The van der Waals surface area contributed by atoms with E-state index >= 15 is 0 Å². The summed E-state index contributed by atoms with van der Waals surface area (Å²) in [6.07, 6.45) is 0. The Morgan fingerprint density at radius 3 is 2.80 bits per heavy atom. The number of fused-ring (bicyclic) bond motifs is 4. The Morgan fingerprint density at radius 1 is 1.10 bits per heavy atom. The largest absolute Gasteiger partial charge is 0.497 e. The molecule has 2 N–H and O–H groups in total. The molecule has 0 radical (unpaired) electrons. The van der Waals surface area contributed by atoms with Crippen molar-refractivity contribution in [3.8, 4) is 5.75 Å². The van der Waals surface area contributed by atoms with E-state index in [2.05, 4.69) is 6.07 Å². The lowest BCUT2D eigenvalue weighted by Crippen LogP contribution is -1.90. The van der Waals surface area contributed by atoms with Crippen molar-refractivity contribution in [2.75, 3.05) is 12.8 Å². The zero-order chi connectivity index (χ0) is 13.7. The van der Waals surface area contributed by atoms with E-state index in [1.165, 1.54) is 4.70 Å². The molecule has 3 nitrogen and oxygen atoms in total. The van der Waals surface area contributed by atoms with E-state index in [1.807, 2.05) is 36.4 Å². The number of aromatic nitrogens is 1. The first-order chi connectivity index (χ1) is 9.78. The van der Waals surface area contributed by atoms with E-state index in [1.54, 1.807) is 18.4 Å². The minimum absolute atomic E-state index is 0.796. The summed E-state index contributed by atoms with van der Waals surface area (Å²) in [5.41, 5.74) is 8.12. The Balaban J connectivity index is 2.24. The first kappa shape index (κ1) is 11.5. The molecule has 20 heavy (non-hydrogen) atoms. The fourth-order valence-electron chi connectivity index (χ4n) is 2.57. The molecule has 0 saturated heterocycles. The van der Waals surface area contributed by atoms with Crippen LogP contribution in [0, 0.1) is 0 Å². The van der Waals surface area contributed by atoms with Crippen molar-refractivity contribution < 1.29 is 4.74 Å². The molecule has 0 aliphatic rings. The van der Waals surface area contributed by atoms with Crippen LogP contribution in [0.3, 0.4) is 0 Å². The summed E-state index contributed by atoms with van der Waals surface area (Å²) in [6.45, 7) is 0. The van der Waals surface area contributed by atoms with Gasteiger partial charge in [-0.1, -0.05) is 18.2 Å². The lowest BCUT2D eigenvalue weighted by molar-refractivity contribution is 0.415. The maximum Gasteiger partial charge on any atom is 0.127 e. The molecule has 98 valence electrons. The third-order valence-corrected chi connectivity index (χ3v) is 4.63. The number of hydrogen-bond donors (Lipinski definition) is 1. The topological polar surface area (TPSA) is 48.1 Å². The van der Waals surface area contributed by atoms with Crippen LogP contribution in [0.4, 0.5) is 5.69 Å². The molecule has 2 aromatic carbocycles. The number of methoxy groups -OCH3 is 1. The Hall–Kier alpha value is -2.33. The molecule has 0 spiro atoms. The SMILES string of the molecule is COc1ccc2sc3nc4ccccc4c(N)c3c2c1. The van der Waals surface area contributed by atoms with E-state index in [9.17, 15) is 0 Å². The molecule has 0 amide bonds. The molecule has 0 aliphatic heterocycles. The standard InChI is InChI=1S/C16H12N2OS/c1-19-9-6-7-13-11(8-9)14-15(17)10-4-2-3-5-12(10)18-16(14)20-13/h2-8H,1H3,(H2,17,18). The van der Waals surface area contributed by atoms with Crippen molar-refractivity contribution in [2.45, 2.75) is 0 Å². The van der Waals surface area contributed by atoms with Crippen LogP contribution in [0.2, 0.25) is 0 Å². The van der Waals surface area contributed by atoms with Crippen LogP contribution in [0.25, 0.3) is 31.2 Å². The third-order valence-electron chi connectivity index (χ3n) is 3.56. The zero-order valence-electron chi connectivity index (χ0n) is 10.9. The van der Waals surface area contributed by atoms with Crippen LogP contribution in [-0.2, 0) is 0 Å². The van der Waals surface area contributed by atoms with Gasteiger partial charge < -0.3 is 10.5 Å². The van der Waals surface area contributed by atoms with Gasteiger partial charge in [0.25, 0.3) is 0 Å². The Bertz CT molecular complexity index is 959. The quantitative estimate of drug-likeness (QED) is 0.568. The Morgan fingerprint density at radius 2 is 1.95 bits per heavy atom. The molecule has 4 heteroatoms. The highest BCUT2D eigenvalue weighted by atomic mass is 32.1. The highest BCUT2D eigenvalue weighted by Gasteiger charge is 2.13. The van der Waals surface area contributed by atoms with Gasteiger partial charge in [-0.2, -0.15) is 0 Å². The van der Waals surface area contributed by atoms with E-state index < -0.39 is 0 Å². The maximum atomic E-state index is 6.38. The van der Waals surface area contributed by atoms with Crippen molar-refractivity contribution >= 4 is 48.2 Å². The summed E-state index contributed by atoms with van der Waals surface area (Å²) in [4.78, 5) is 5.71. The maximum absolute atomic E-state index is 6.38. The van der Waals surface area contributed by atoms with Gasteiger partial charge in [0.2, 0.25) is 0 Å². The number of anilines is 1. The Kier molecular flexibility index (Phi) is 2.35. The molecule has 4 rings (SSSR count). The zero-order valence-corrected chi connectivity index (χ0v) is 11.7. The first-order valence-electron chi connectivity index (χ1n) is 6.32. The van der Waals surface area contributed by atoms with Crippen molar-refractivity contribution in [1.82, 2.24) is 4.98 Å². The van der Waals surface area contributed by atoms with Crippen molar-refractivity contribution in [3.63, 3.8) is 0 Å². The molecule has 2 aromatic heterocycles. The molecular formula is C16H12N2OS. The molecule has 0 aliphatic carbocycles. The van der Waals surface area contributed by atoms with Crippen LogP contribution < -0.4 is 10.5 Å². The molecular weight excluding hydrogens is 268 g/mol. The summed E-state index contributed by atoms with van der Waals surface area (Å²) in [5, 5.41) is 3.14. The number of thiophene rings is 1. The number of nitrogens with zero attached hydrogens (tertiary/aromatic N) is 1. The van der Waals surface area contributed by atoms with Gasteiger partial charge in [-0.05, 0) is 24.3 Å². The number of hydrogen-bond acceptors (Lipinski definition) is 4. The lowest BCUT2D eigenvalue weighted by atomic mass is 10.1. The number of nitrogen functional groups attached to an aromatic ring is 1. The van der Waals surface area contributed by atoms with Gasteiger partial charge in [0.1, 0.15) is 10.6 Å². The second-order valence-corrected chi connectivity index (χ2v) is 5.72. The minimum Gasteiger partial charge on any atom is -0.497 e. The number of ether oxygens (including phenoxy) is 1. The predicted octanol–water partition coefficient (Wildman–Crippen LogP) is 4.19. The van der Waals surface area contributed by atoms with Crippen LogP contribution in [0.1, 0.15) is 0 Å². The molecule has 0 atom stereocenters. The van der Waals surface area contributed by atoms with Gasteiger partial charge in [-0.25, -0.2) is 4.98 Å². The summed E-state index contributed by atoms with van der Waals surface area (Å²) in [5.74, 6) is 0.838. The number of para-hydroxylation sites is 1. The average molecular weight is 280 g/mol. The molecule has 0 unspecified atom stereocenters. The first-order valence-corrected chi connectivity index (χ1v) is 7.14. The highest BCUT2D eigenvalue weighted by Crippen LogP contribution is 2.40. The van der Waals surface area contributed by atoms with E-state index in [4.69, 9.17) is 15.5 Å². The van der Waals surface area contributed by atoms with E-state index in [-0.39, 0.29) is 0 Å². The van der Waals surface area contributed by atoms with Gasteiger partial charge in [-0.3, -0.25) is 0 Å². The van der Waals surface area contributed by atoms with Gasteiger partial charge in [0.05, 0.1) is 18.3 Å². The summed E-state index contributed by atoms with van der Waals surface area (Å²) in [6, 6.07) is 14.0. The second kappa shape index (κ2) is 4.08. The molecule has 0 fully saturated rings. The number of nitrogens with two attached hydrogens (primary N) is 1. The summed E-state index contributed by atoms with van der Waals surface area (Å²) in [7, 11) is 1.67.